The molecule has 180 valence electrons. The largest absolute Gasteiger partial charge is 0.481 e. The van der Waals surface area contributed by atoms with Crippen molar-refractivity contribution in [3.63, 3.8) is 0 Å². The molecule has 0 spiro atoms. The van der Waals surface area contributed by atoms with Gasteiger partial charge >= 0.3 is 0 Å². The first-order valence-electron chi connectivity index (χ1n) is 11.6. The van der Waals surface area contributed by atoms with E-state index >= 15 is 0 Å². The molecular formula is C26H26ClN5O3. The Morgan fingerprint density at radius 3 is 2.71 bits per heavy atom. The van der Waals surface area contributed by atoms with Crippen molar-refractivity contribution < 1.29 is 9.47 Å². The van der Waals surface area contributed by atoms with Gasteiger partial charge in [-0.3, -0.25) is 9.36 Å². The molecule has 0 saturated carbocycles. The number of nitrogens with zero attached hydrogens (tertiary/aromatic N) is 4. The van der Waals surface area contributed by atoms with Crippen molar-refractivity contribution in [2.45, 2.75) is 32.4 Å². The van der Waals surface area contributed by atoms with Gasteiger partial charge in [0.05, 0.1) is 7.11 Å². The molecule has 1 saturated heterocycles. The third-order valence-corrected chi connectivity index (χ3v) is 6.55. The zero-order chi connectivity index (χ0) is 24.4. The summed E-state index contributed by atoms with van der Waals surface area (Å²) in [6.45, 7) is 3.85. The van der Waals surface area contributed by atoms with Gasteiger partial charge in [0.15, 0.2) is 0 Å². The Morgan fingerprint density at radius 1 is 1.14 bits per heavy atom. The van der Waals surface area contributed by atoms with Gasteiger partial charge in [-0.25, -0.2) is 9.97 Å². The first kappa shape index (κ1) is 23.3. The third-order valence-electron chi connectivity index (χ3n) is 6.23. The van der Waals surface area contributed by atoms with Crippen LogP contribution in [0.4, 0.5) is 5.95 Å². The van der Waals surface area contributed by atoms with Crippen LogP contribution in [0.5, 0.6) is 5.88 Å². The highest BCUT2D eigenvalue weighted by molar-refractivity contribution is 6.33. The number of hydrogen-bond acceptors (Lipinski definition) is 7. The van der Waals surface area contributed by atoms with E-state index < -0.39 is 0 Å². The average molecular weight is 492 g/mol. The fourth-order valence-corrected chi connectivity index (χ4v) is 4.70. The predicted octanol–water partition coefficient (Wildman–Crippen LogP) is 4.79. The summed E-state index contributed by atoms with van der Waals surface area (Å²) in [6, 6.07) is 11.4. The maximum Gasteiger partial charge on any atom is 0.260 e. The summed E-state index contributed by atoms with van der Waals surface area (Å²) in [5, 5.41) is 4.61. The van der Waals surface area contributed by atoms with Crippen LogP contribution in [0, 0.1) is 0 Å². The molecule has 4 heterocycles. The molecule has 1 aliphatic heterocycles. The van der Waals surface area contributed by atoms with Crippen LogP contribution in [-0.4, -0.2) is 45.9 Å². The average Bonchev–Trinajstić information content (AvgIpc) is 2.89. The van der Waals surface area contributed by atoms with E-state index in [0.717, 1.165) is 42.6 Å². The van der Waals surface area contributed by atoms with Gasteiger partial charge in [-0.15, -0.1) is 0 Å². The summed E-state index contributed by atoms with van der Waals surface area (Å²) in [6.07, 6.45) is 5.23. The number of benzene rings is 1. The fourth-order valence-electron chi connectivity index (χ4n) is 4.41. The smallest absolute Gasteiger partial charge is 0.260 e. The molecule has 0 aliphatic carbocycles. The fraction of sp³-hybridized carbons (Fsp3) is 0.308. The van der Waals surface area contributed by atoms with Crippen LogP contribution >= 0.6 is 11.6 Å². The van der Waals surface area contributed by atoms with Gasteiger partial charge in [0, 0.05) is 65.3 Å². The monoisotopic (exact) mass is 491 g/mol. The molecule has 35 heavy (non-hydrogen) atoms. The van der Waals surface area contributed by atoms with Crippen molar-refractivity contribution in [3.05, 3.63) is 64.2 Å². The second-order valence-corrected chi connectivity index (χ2v) is 8.77. The van der Waals surface area contributed by atoms with Crippen LogP contribution in [0.3, 0.4) is 0 Å². The van der Waals surface area contributed by atoms with Crippen molar-refractivity contribution in [3.8, 4) is 28.1 Å². The third kappa shape index (κ3) is 4.59. The number of nitrogens with one attached hydrogen (secondary N) is 1. The van der Waals surface area contributed by atoms with Crippen molar-refractivity contribution in [2.75, 3.05) is 25.6 Å². The molecule has 1 aromatic carbocycles. The topological polar surface area (TPSA) is 91.2 Å². The molecule has 1 N–H and O–H groups in total. The Bertz CT molecular complexity index is 1430. The maximum atomic E-state index is 13.5. The van der Waals surface area contributed by atoms with Crippen LogP contribution < -0.4 is 15.6 Å². The van der Waals surface area contributed by atoms with E-state index in [1.165, 1.54) is 0 Å². The lowest BCUT2D eigenvalue weighted by Gasteiger charge is -2.23. The first-order chi connectivity index (χ1) is 17.1. The highest BCUT2D eigenvalue weighted by Gasteiger charge is 2.18. The van der Waals surface area contributed by atoms with Crippen molar-refractivity contribution in [1.29, 1.82) is 0 Å². The highest BCUT2D eigenvalue weighted by Crippen LogP contribution is 2.34. The van der Waals surface area contributed by atoms with Gasteiger partial charge in [-0.1, -0.05) is 23.7 Å². The minimum atomic E-state index is -0.149. The lowest BCUT2D eigenvalue weighted by atomic mass is 10.0. The molecule has 0 unspecified atom stereocenters. The lowest BCUT2D eigenvalue weighted by molar-refractivity contribution is 0.0903. The number of fused-ring (bicyclic) bond motifs is 1. The predicted molar refractivity (Wildman–Crippen MR) is 137 cm³/mol. The molecule has 9 heteroatoms. The van der Waals surface area contributed by atoms with E-state index in [1.807, 2.05) is 43.3 Å². The number of aryl methyl sites for hydroxylation is 1. The molecule has 1 aliphatic rings. The molecule has 1 fully saturated rings. The summed E-state index contributed by atoms with van der Waals surface area (Å²) < 4.78 is 12.5. The number of aromatic nitrogens is 4. The van der Waals surface area contributed by atoms with E-state index in [9.17, 15) is 4.79 Å². The number of rotatable bonds is 6. The van der Waals surface area contributed by atoms with Crippen LogP contribution in [0.15, 0.2) is 53.6 Å². The second-order valence-electron chi connectivity index (χ2n) is 8.37. The number of pyridine rings is 2. The molecular weight excluding hydrogens is 466 g/mol. The maximum absolute atomic E-state index is 13.5. The van der Waals surface area contributed by atoms with Crippen LogP contribution in [-0.2, 0) is 11.3 Å². The second kappa shape index (κ2) is 10.0. The minimum Gasteiger partial charge on any atom is -0.481 e. The standard InChI is InChI=1S/C26H26ClN5O3/c1-3-32-23-17(15-29-26(31-23)30-18-8-11-35-12-9-18)13-21(25(32)33)20-7-6-16(14-22(20)27)19-5-4-10-28-24(19)34-2/h4-7,10,13-15,18H,3,8-9,11-12H2,1-2H3,(H,29,30,31). The highest BCUT2D eigenvalue weighted by atomic mass is 35.5. The van der Waals surface area contributed by atoms with Crippen molar-refractivity contribution >= 4 is 28.6 Å². The molecule has 0 amide bonds. The van der Waals surface area contributed by atoms with E-state index in [2.05, 4.69) is 20.3 Å². The molecule has 0 radical (unpaired) electrons. The summed E-state index contributed by atoms with van der Waals surface area (Å²) >= 11 is 6.70. The Balaban J connectivity index is 1.54. The lowest BCUT2D eigenvalue weighted by Crippen LogP contribution is -2.29. The number of hydrogen-bond donors (Lipinski definition) is 1. The Kier molecular flexibility index (Phi) is 6.66. The van der Waals surface area contributed by atoms with Gasteiger partial charge in [-0.2, -0.15) is 4.98 Å². The van der Waals surface area contributed by atoms with Gasteiger partial charge in [0.2, 0.25) is 11.8 Å². The van der Waals surface area contributed by atoms with Crippen molar-refractivity contribution in [2.24, 2.45) is 0 Å². The summed E-state index contributed by atoms with van der Waals surface area (Å²) in [5.74, 6) is 1.03. The van der Waals surface area contributed by atoms with Crippen LogP contribution in [0.1, 0.15) is 19.8 Å². The van der Waals surface area contributed by atoms with Gasteiger partial charge in [-0.05, 0) is 49.6 Å². The van der Waals surface area contributed by atoms with Crippen molar-refractivity contribution in [1.82, 2.24) is 19.5 Å². The number of methoxy groups -OCH3 is 1. The summed E-state index contributed by atoms with van der Waals surface area (Å²) in [5.41, 5.74) is 3.28. The van der Waals surface area contributed by atoms with E-state index in [0.29, 0.717) is 40.2 Å². The minimum absolute atomic E-state index is 0.149. The Labute approximate surface area is 207 Å². The van der Waals surface area contributed by atoms with Gasteiger partial charge < -0.3 is 14.8 Å². The van der Waals surface area contributed by atoms with Crippen LogP contribution in [0.2, 0.25) is 5.02 Å². The quantitative estimate of drug-likeness (QED) is 0.414. The molecule has 5 rings (SSSR count). The summed E-state index contributed by atoms with van der Waals surface area (Å²) in [4.78, 5) is 26.9. The molecule has 0 atom stereocenters. The molecule has 4 aromatic rings. The molecule has 0 bridgehead atoms. The Morgan fingerprint density at radius 2 is 1.97 bits per heavy atom. The normalized spacial score (nSPS) is 14.3. The summed E-state index contributed by atoms with van der Waals surface area (Å²) in [7, 11) is 1.58. The van der Waals surface area contributed by atoms with E-state index in [4.69, 9.17) is 21.1 Å². The van der Waals surface area contributed by atoms with E-state index in [1.54, 1.807) is 24.1 Å². The molecule has 3 aromatic heterocycles. The first-order valence-corrected chi connectivity index (χ1v) is 12.0. The Hall–Kier alpha value is -3.49. The van der Waals surface area contributed by atoms with Gasteiger partial charge in [0.25, 0.3) is 5.56 Å². The zero-order valence-corrected chi connectivity index (χ0v) is 20.4. The number of anilines is 1. The zero-order valence-electron chi connectivity index (χ0n) is 19.6. The SMILES string of the molecule is CCn1c(=O)c(-c2ccc(-c3cccnc3OC)cc2Cl)cc2cnc(NC3CCOCC3)nc21. The van der Waals surface area contributed by atoms with Gasteiger partial charge in [0.1, 0.15) is 5.65 Å². The van der Waals surface area contributed by atoms with E-state index in [-0.39, 0.29) is 11.6 Å². The van der Waals surface area contributed by atoms with Crippen LogP contribution in [0.25, 0.3) is 33.3 Å². The number of halogens is 1. The molecule has 8 nitrogen and oxygen atoms in total. The number of ether oxygens (including phenoxy) is 2.